The zero-order chi connectivity index (χ0) is 0. The molecule has 4 heteroatoms. The molecule has 0 spiro atoms. The molecule has 0 saturated heterocycles. The number of hydrogen-bond acceptors (Lipinski definition) is 0. The minimum absolute atomic E-state index is 0. The molecule has 0 unspecified atom stereocenters. The Morgan fingerprint density at radius 2 is 1.00 bits per heavy atom. The maximum atomic E-state index is 0. The summed E-state index contributed by atoms with van der Waals surface area (Å²) in [5.74, 6) is 0. The summed E-state index contributed by atoms with van der Waals surface area (Å²) in [4.78, 5) is 0. The molecule has 21 valence electrons. The molecule has 5 radical (unpaired) electrons. The first-order valence-electron chi connectivity index (χ1n) is 0. The largest absolute Gasteiger partial charge is 0.412 e. The molecule has 0 aliphatic rings. The van der Waals surface area contributed by atoms with Crippen LogP contribution in [-0.2, 0) is 49.8 Å². The Balaban J connectivity index is 0. The molecule has 0 aliphatic carbocycles. The molecular weight excluding hydrogens is 275 g/mol. The van der Waals surface area contributed by atoms with Gasteiger partial charge in [-0.2, -0.15) is 0 Å². The quantitative estimate of drug-likeness (QED) is 0.498. The summed E-state index contributed by atoms with van der Waals surface area (Å²) in [7, 11) is 0. The molecule has 0 heterocycles. The van der Waals surface area contributed by atoms with Crippen LogP contribution in [0.3, 0.4) is 0 Å². The van der Waals surface area contributed by atoms with Crippen LogP contribution in [0.2, 0.25) is 0 Å². The molecule has 0 aromatic heterocycles. The second-order valence-electron chi connectivity index (χ2n) is 0. The van der Waals surface area contributed by atoms with Crippen LogP contribution in [0.25, 0.3) is 0 Å². The van der Waals surface area contributed by atoms with E-state index in [1.54, 1.807) is 0 Å². The van der Waals surface area contributed by atoms with Crippen molar-refractivity contribution in [2.24, 2.45) is 0 Å². The average molecular weight is 277 g/mol. The van der Waals surface area contributed by atoms with Gasteiger partial charge in [0.2, 0.25) is 0 Å². The minimum atomic E-state index is 0. The van der Waals surface area contributed by atoms with Crippen LogP contribution in [0.15, 0.2) is 0 Å². The van der Waals surface area contributed by atoms with Crippen molar-refractivity contribution in [3.05, 3.63) is 0 Å². The van der Waals surface area contributed by atoms with E-state index in [1.165, 1.54) is 0 Å². The molecule has 0 atom stereocenters. The summed E-state index contributed by atoms with van der Waals surface area (Å²) in [6.45, 7) is 0. The van der Waals surface area contributed by atoms with Crippen LogP contribution in [0, 0.1) is 0 Å². The summed E-state index contributed by atoms with van der Waals surface area (Å²) < 4.78 is 0. The molecule has 2 N–H and O–H groups in total. The van der Waals surface area contributed by atoms with Crippen LogP contribution in [0.5, 0.6) is 0 Å². The fourth-order valence-electron chi connectivity index (χ4n) is 0. The Labute approximate surface area is 79.7 Å². The third kappa shape index (κ3) is 8.82. The third-order valence-electron chi connectivity index (χ3n) is 0. The van der Waals surface area contributed by atoms with E-state index in [-0.39, 0.29) is 81.1 Å². The maximum absolute atomic E-state index is 0. The van der Waals surface area contributed by atoms with Crippen molar-refractivity contribution in [2.45, 2.75) is 0 Å². The summed E-state index contributed by atoms with van der Waals surface area (Å²) in [6.07, 6.45) is 0. The van der Waals surface area contributed by atoms with Gasteiger partial charge in [-0.1, -0.05) is 0 Å². The van der Waals surface area contributed by atoms with Gasteiger partial charge >= 0.3 is 0 Å². The van der Waals surface area contributed by atoms with Crippen molar-refractivity contribution in [1.29, 1.82) is 0 Å². The Hall–Kier alpha value is 2.45. The Kier molecular flexibility index (Phi) is 143. The third-order valence-corrected chi connectivity index (χ3v) is 0. The normalized spacial score (nSPS) is 0. The van der Waals surface area contributed by atoms with E-state index < -0.39 is 0 Å². The van der Waals surface area contributed by atoms with E-state index in [1.807, 2.05) is 0 Å². The van der Waals surface area contributed by atoms with Gasteiger partial charge in [0.15, 0.2) is 0 Å². The predicted molar refractivity (Wildman–Crippen MR) is 9.37 cm³/mol. The van der Waals surface area contributed by atoms with Crippen LogP contribution < -0.4 is 0 Å². The first kappa shape index (κ1) is 31.9. The smallest absolute Gasteiger partial charge is 0 e. The molecule has 0 rings (SSSR count). The summed E-state index contributed by atoms with van der Waals surface area (Å²) in [5.41, 5.74) is 0. The van der Waals surface area contributed by atoms with E-state index >= 15 is 0 Å². The van der Waals surface area contributed by atoms with Crippen molar-refractivity contribution in [3.8, 4) is 0 Å². The molecule has 4 heavy (non-hydrogen) atoms. The second kappa shape index (κ2) is 18.0. The van der Waals surface area contributed by atoms with E-state index in [0.29, 0.717) is 0 Å². The van der Waals surface area contributed by atoms with Gasteiger partial charge in [0.1, 0.15) is 0 Å². The predicted octanol–water partition coefficient (Wildman–Crippen LogP) is -1.21. The zero-order valence-corrected chi connectivity index (χ0v) is 9.35. The zero-order valence-electron chi connectivity index (χ0n) is 2.03. The average Bonchev–Trinajstić information content (AvgIpc) is 0. The van der Waals surface area contributed by atoms with E-state index in [9.17, 15) is 0 Å². The van der Waals surface area contributed by atoms with Crippen LogP contribution in [0.4, 0.5) is 0 Å². The van der Waals surface area contributed by atoms with Gasteiger partial charge in [0, 0.05) is 75.6 Å². The van der Waals surface area contributed by atoms with Gasteiger partial charge in [0.25, 0.3) is 0 Å². The Morgan fingerprint density at radius 3 is 1.00 bits per heavy atom. The van der Waals surface area contributed by atoms with E-state index in [2.05, 4.69) is 0 Å². The molecule has 0 aromatic rings. The van der Waals surface area contributed by atoms with Gasteiger partial charge in [-0.25, -0.2) is 0 Å². The first-order valence-corrected chi connectivity index (χ1v) is 0. The van der Waals surface area contributed by atoms with Crippen LogP contribution in [0.1, 0.15) is 0 Å². The van der Waals surface area contributed by atoms with Gasteiger partial charge in [-0.3, -0.25) is 0 Å². The minimum Gasteiger partial charge on any atom is -0.412 e. The van der Waals surface area contributed by atoms with Crippen molar-refractivity contribution in [1.82, 2.24) is 0 Å². The molecule has 0 aliphatic heterocycles. The van der Waals surface area contributed by atoms with Crippen LogP contribution >= 0.6 is 0 Å². The van der Waals surface area contributed by atoms with Crippen LogP contribution in [-0.4, -0.2) is 31.3 Å². The number of hydrogen-bond donors (Lipinski definition) is 0. The topological polar surface area (TPSA) is 31.5 Å². The van der Waals surface area contributed by atoms with Gasteiger partial charge in [-0.05, 0) is 0 Å². The van der Waals surface area contributed by atoms with Crippen molar-refractivity contribution < 1.29 is 55.3 Å². The molecule has 0 saturated carbocycles. The standard InChI is InChI=1S/In.Mn.H2O.Y/h;;1H2;. The SMILES string of the molecule is O.[In].[Mn].[Y]. The summed E-state index contributed by atoms with van der Waals surface area (Å²) in [6, 6.07) is 0. The van der Waals surface area contributed by atoms with Gasteiger partial charge in [-0.15, -0.1) is 0 Å². The fraction of sp³-hybridized carbons (Fsp3) is 0. The van der Waals surface area contributed by atoms with Gasteiger partial charge in [0.05, 0.1) is 0 Å². The Bertz CT molecular complexity index is 8.00. The summed E-state index contributed by atoms with van der Waals surface area (Å²) >= 11 is 0. The van der Waals surface area contributed by atoms with Crippen molar-refractivity contribution in [2.75, 3.05) is 0 Å². The molecular formula is H2InMnOY. The van der Waals surface area contributed by atoms with E-state index in [4.69, 9.17) is 0 Å². The van der Waals surface area contributed by atoms with Gasteiger partial charge < -0.3 is 5.48 Å². The maximum Gasteiger partial charge on any atom is 0 e. The van der Waals surface area contributed by atoms with Crippen molar-refractivity contribution >= 4 is 25.8 Å². The molecule has 0 bridgehead atoms. The number of rotatable bonds is 0. The Morgan fingerprint density at radius 1 is 1.00 bits per heavy atom. The monoisotopic (exact) mass is 277 g/mol. The fourth-order valence-corrected chi connectivity index (χ4v) is 0. The summed E-state index contributed by atoms with van der Waals surface area (Å²) in [5, 5.41) is 0. The molecule has 0 aromatic carbocycles. The van der Waals surface area contributed by atoms with E-state index in [0.717, 1.165) is 0 Å². The van der Waals surface area contributed by atoms with Crippen molar-refractivity contribution in [3.63, 3.8) is 0 Å². The second-order valence-corrected chi connectivity index (χ2v) is 0. The molecule has 0 fully saturated rings. The first-order chi connectivity index (χ1) is 0. The molecule has 0 amide bonds. The molecule has 1 nitrogen and oxygen atoms in total.